The van der Waals surface area contributed by atoms with Crippen molar-refractivity contribution in [2.24, 2.45) is 5.92 Å². The Hall–Kier alpha value is -2.34. The van der Waals surface area contributed by atoms with Gasteiger partial charge in [0, 0.05) is 18.7 Å². The molecule has 0 bridgehead atoms. The second-order valence-corrected chi connectivity index (χ2v) is 9.33. The molecule has 1 fully saturated rings. The first kappa shape index (κ1) is 20.4. The second kappa shape index (κ2) is 9.24. The number of carbonyl (C=O) groups is 1. The first-order valence-corrected chi connectivity index (χ1v) is 11.5. The van der Waals surface area contributed by atoms with Gasteiger partial charge < -0.3 is 5.32 Å². The lowest BCUT2D eigenvalue weighted by Gasteiger charge is -2.28. The quantitative estimate of drug-likeness (QED) is 0.772. The van der Waals surface area contributed by atoms with Gasteiger partial charge in [0.1, 0.15) is 0 Å². The molecule has 2 aromatic rings. The molecule has 1 saturated heterocycles. The van der Waals surface area contributed by atoms with Crippen LogP contribution in [0, 0.1) is 5.92 Å². The maximum absolute atomic E-state index is 12.5. The fraction of sp³-hybridized carbons (Fsp3) is 0.409. The van der Waals surface area contributed by atoms with E-state index in [2.05, 4.69) is 24.4 Å². The molecule has 0 aromatic heterocycles. The molecular weight excluding hydrogens is 372 g/mol. The smallest absolute Gasteiger partial charge is 0.251 e. The van der Waals surface area contributed by atoms with Crippen molar-refractivity contribution in [3.05, 3.63) is 65.7 Å². The van der Waals surface area contributed by atoms with E-state index >= 15 is 0 Å². The van der Waals surface area contributed by atoms with Gasteiger partial charge in [0.15, 0.2) is 0 Å². The molecular formula is C22H28N2O3S. The van der Waals surface area contributed by atoms with E-state index in [1.54, 1.807) is 24.3 Å². The lowest BCUT2D eigenvalue weighted by Crippen LogP contribution is -2.37. The Bertz CT molecular complexity index is 880. The summed E-state index contributed by atoms with van der Waals surface area (Å²) in [5.74, 6) is 0.443. The summed E-state index contributed by atoms with van der Waals surface area (Å²) in [5, 5.41) is 3.01. The lowest BCUT2D eigenvalue weighted by atomic mass is 9.97. The Morgan fingerprint density at radius 1 is 1.07 bits per heavy atom. The lowest BCUT2D eigenvalue weighted by molar-refractivity contribution is 0.0946. The highest BCUT2D eigenvalue weighted by Crippen LogP contribution is 2.23. The van der Waals surface area contributed by atoms with Crippen molar-refractivity contribution < 1.29 is 13.2 Å². The molecule has 3 rings (SSSR count). The van der Waals surface area contributed by atoms with Gasteiger partial charge in [-0.1, -0.05) is 43.7 Å². The molecule has 1 heterocycles. The van der Waals surface area contributed by atoms with Gasteiger partial charge in [-0.3, -0.25) is 9.10 Å². The van der Waals surface area contributed by atoms with Crippen LogP contribution in [0.2, 0.25) is 0 Å². The predicted octanol–water partition coefficient (Wildman–Crippen LogP) is 3.62. The molecule has 0 saturated carbocycles. The SMILES string of the molecule is CC[C@@H](CNC(=O)c1ccc(N2CCCCS2(=O)=O)cc1)Cc1ccccc1. The van der Waals surface area contributed by atoms with Crippen LogP contribution in [-0.2, 0) is 16.4 Å². The van der Waals surface area contributed by atoms with Crippen LogP contribution in [-0.4, -0.2) is 33.2 Å². The molecule has 1 atom stereocenters. The minimum Gasteiger partial charge on any atom is -0.352 e. The highest BCUT2D eigenvalue weighted by Gasteiger charge is 2.26. The summed E-state index contributed by atoms with van der Waals surface area (Å²) in [6.07, 6.45) is 3.49. The van der Waals surface area contributed by atoms with Crippen LogP contribution in [0.5, 0.6) is 0 Å². The maximum Gasteiger partial charge on any atom is 0.251 e. The van der Waals surface area contributed by atoms with Gasteiger partial charge >= 0.3 is 0 Å². The normalized spacial score (nSPS) is 17.1. The largest absolute Gasteiger partial charge is 0.352 e. The van der Waals surface area contributed by atoms with Gasteiger partial charge in [-0.25, -0.2) is 8.42 Å². The summed E-state index contributed by atoms with van der Waals surface area (Å²) in [6.45, 7) is 3.26. The van der Waals surface area contributed by atoms with Crippen LogP contribution in [0.1, 0.15) is 42.1 Å². The van der Waals surface area contributed by atoms with Crippen LogP contribution in [0.3, 0.4) is 0 Å². The van der Waals surface area contributed by atoms with E-state index in [0.717, 1.165) is 19.3 Å². The van der Waals surface area contributed by atoms with E-state index in [9.17, 15) is 13.2 Å². The zero-order valence-electron chi connectivity index (χ0n) is 16.3. The summed E-state index contributed by atoms with van der Waals surface area (Å²) in [4.78, 5) is 12.5. The van der Waals surface area contributed by atoms with Gasteiger partial charge in [-0.05, 0) is 55.0 Å². The molecule has 1 aliphatic heterocycles. The summed E-state index contributed by atoms with van der Waals surface area (Å²) in [7, 11) is -3.23. The topological polar surface area (TPSA) is 66.5 Å². The van der Waals surface area contributed by atoms with Crippen LogP contribution >= 0.6 is 0 Å². The minimum absolute atomic E-state index is 0.125. The average molecular weight is 401 g/mol. The standard InChI is InChI=1S/C22H28N2O3S/c1-2-18(16-19-8-4-3-5-9-19)17-23-22(25)20-10-12-21(13-11-20)24-14-6-7-15-28(24,26)27/h3-5,8-13,18H,2,6-7,14-17H2,1H3,(H,23,25)/t18-/m1/s1. The Labute approximate surface area is 167 Å². The van der Waals surface area contributed by atoms with Crippen LogP contribution < -0.4 is 9.62 Å². The van der Waals surface area contributed by atoms with Gasteiger partial charge in [0.2, 0.25) is 10.0 Å². The molecule has 0 aliphatic carbocycles. The first-order chi connectivity index (χ1) is 13.5. The third-order valence-electron chi connectivity index (χ3n) is 5.26. The first-order valence-electron chi connectivity index (χ1n) is 9.92. The van der Waals surface area contributed by atoms with Crippen molar-refractivity contribution >= 4 is 21.6 Å². The molecule has 1 amide bonds. The van der Waals surface area contributed by atoms with Gasteiger partial charge in [0.05, 0.1) is 11.4 Å². The molecule has 6 heteroatoms. The highest BCUT2D eigenvalue weighted by atomic mass is 32.2. The Morgan fingerprint density at radius 3 is 2.43 bits per heavy atom. The number of hydrogen-bond acceptors (Lipinski definition) is 3. The molecule has 1 N–H and O–H groups in total. The monoisotopic (exact) mass is 400 g/mol. The van der Waals surface area contributed by atoms with Crippen LogP contribution in [0.15, 0.2) is 54.6 Å². The summed E-state index contributed by atoms with van der Waals surface area (Å²) < 4.78 is 25.9. The number of carbonyl (C=O) groups excluding carboxylic acids is 1. The van der Waals surface area contributed by atoms with Crippen LogP contribution in [0.25, 0.3) is 0 Å². The Morgan fingerprint density at radius 2 is 1.79 bits per heavy atom. The van der Waals surface area contributed by atoms with Gasteiger partial charge in [-0.2, -0.15) is 0 Å². The van der Waals surface area contributed by atoms with E-state index in [0.29, 0.717) is 36.7 Å². The van der Waals surface area contributed by atoms with Crippen molar-refractivity contribution in [2.75, 3.05) is 23.1 Å². The number of amides is 1. The van der Waals surface area contributed by atoms with E-state index in [1.165, 1.54) is 9.87 Å². The number of hydrogen-bond donors (Lipinski definition) is 1. The van der Waals surface area contributed by atoms with Crippen molar-refractivity contribution in [1.29, 1.82) is 0 Å². The molecule has 28 heavy (non-hydrogen) atoms. The van der Waals surface area contributed by atoms with Crippen molar-refractivity contribution in [2.45, 2.75) is 32.6 Å². The zero-order valence-corrected chi connectivity index (χ0v) is 17.1. The molecule has 150 valence electrons. The highest BCUT2D eigenvalue weighted by molar-refractivity contribution is 7.92. The number of anilines is 1. The fourth-order valence-electron chi connectivity index (χ4n) is 3.51. The number of sulfonamides is 1. The maximum atomic E-state index is 12.5. The third kappa shape index (κ3) is 5.13. The summed E-state index contributed by atoms with van der Waals surface area (Å²) in [5.41, 5.74) is 2.45. The Balaban J connectivity index is 1.58. The molecule has 5 nitrogen and oxygen atoms in total. The van der Waals surface area contributed by atoms with Crippen LogP contribution in [0.4, 0.5) is 5.69 Å². The molecule has 0 radical (unpaired) electrons. The predicted molar refractivity (Wildman–Crippen MR) is 113 cm³/mol. The van der Waals surface area contributed by atoms with Gasteiger partial charge in [-0.15, -0.1) is 0 Å². The van der Waals surface area contributed by atoms with E-state index in [4.69, 9.17) is 0 Å². The molecule has 2 aromatic carbocycles. The summed E-state index contributed by atoms with van der Waals surface area (Å²) >= 11 is 0. The minimum atomic E-state index is -3.23. The van der Waals surface area contributed by atoms with Gasteiger partial charge in [0.25, 0.3) is 5.91 Å². The van der Waals surface area contributed by atoms with E-state index in [-0.39, 0.29) is 11.7 Å². The number of nitrogens with zero attached hydrogens (tertiary/aromatic N) is 1. The van der Waals surface area contributed by atoms with E-state index < -0.39 is 10.0 Å². The Kier molecular flexibility index (Phi) is 6.73. The zero-order chi connectivity index (χ0) is 20.0. The summed E-state index contributed by atoms with van der Waals surface area (Å²) in [6, 6.07) is 17.1. The number of rotatable bonds is 7. The molecule has 0 spiro atoms. The van der Waals surface area contributed by atoms with Crippen molar-refractivity contribution in [3.63, 3.8) is 0 Å². The van der Waals surface area contributed by atoms with Crippen molar-refractivity contribution in [3.8, 4) is 0 Å². The average Bonchev–Trinajstić information content (AvgIpc) is 2.71. The third-order valence-corrected chi connectivity index (χ3v) is 7.13. The second-order valence-electron chi connectivity index (χ2n) is 7.32. The van der Waals surface area contributed by atoms with E-state index in [1.807, 2.05) is 18.2 Å². The molecule has 0 unspecified atom stereocenters. The number of nitrogens with one attached hydrogen (secondary N) is 1. The molecule has 1 aliphatic rings. The van der Waals surface area contributed by atoms with Crippen molar-refractivity contribution in [1.82, 2.24) is 5.32 Å². The fourth-order valence-corrected chi connectivity index (χ4v) is 5.14. The number of benzene rings is 2.